The highest BCUT2D eigenvalue weighted by molar-refractivity contribution is 7.98. The van der Waals surface area contributed by atoms with E-state index in [0.717, 1.165) is 30.8 Å². The molecule has 0 spiro atoms. The van der Waals surface area contributed by atoms with E-state index < -0.39 is 0 Å². The Morgan fingerprint density at radius 1 is 1.12 bits per heavy atom. The largest absolute Gasteiger partial charge is 0.508 e. The number of esters is 1. The number of fused-ring (bicyclic) bond motifs is 1. The monoisotopic (exact) mass is 344 g/mol. The lowest BCUT2D eigenvalue weighted by Gasteiger charge is -2.13. The van der Waals surface area contributed by atoms with Crippen LogP contribution >= 0.6 is 11.8 Å². The first-order valence-electron chi connectivity index (χ1n) is 7.92. The van der Waals surface area contributed by atoms with Gasteiger partial charge in [0.25, 0.3) is 0 Å². The molecular weight excluding hydrogens is 324 g/mol. The number of phenols is 1. The van der Waals surface area contributed by atoms with Crippen molar-refractivity contribution in [2.45, 2.75) is 29.9 Å². The molecule has 0 amide bonds. The van der Waals surface area contributed by atoms with Crippen molar-refractivity contribution >= 4 is 17.7 Å². The van der Waals surface area contributed by atoms with Crippen molar-refractivity contribution in [3.63, 3.8) is 0 Å². The maximum Gasteiger partial charge on any atom is 0.343 e. The van der Waals surface area contributed by atoms with Crippen LogP contribution in [0.3, 0.4) is 0 Å². The molecule has 0 fully saturated rings. The molecule has 2 aromatic rings. The first kappa shape index (κ1) is 16.7. The lowest BCUT2D eigenvalue weighted by atomic mass is 10.1. The van der Waals surface area contributed by atoms with Crippen molar-refractivity contribution in [2.75, 3.05) is 13.7 Å². The molecule has 1 aliphatic carbocycles. The highest BCUT2D eigenvalue weighted by Gasteiger charge is 2.20. The number of rotatable bonds is 6. The Labute approximate surface area is 145 Å². The summed E-state index contributed by atoms with van der Waals surface area (Å²) in [7, 11) is 1.36. The van der Waals surface area contributed by atoms with E-state index in [1.165, 1.54) is 28.7 Å². The van der Waals surface area contributed by atoms with Gasteiger partial charge in [0.1, 0.15) is 11.5 Å². The fourth-order valence-electron chi connectivity index (χ4n) is 2.86. The van der Waals surface area contributed by atoms with Gasteiger partial charge >= 0.3 is 5.97 Å². The van der Waals surface area contributed by atoms with Gasteiger partial charge in [-0.15, -0.1) is 11.8 Å². The molecule has 0 aromatic heterocycles. The third-order valence-corrected chi connectivity index (χ3v) is 5.27. The molecule has 0 aliphatic heterocycles. The molecule has 3 rings (SSSR count). The molecule has 0 atom stereocenters. The Morgan fingerprint density at radius 3 is 2.62 bits per heavy atom. The molecule has 2 aromatic carbocycles. The number of hydrogen-bond acceptors (Lipinski definition) is 5. The fourth-order valence-corrected chi connectivity index (χ4v) is 3.94. The van der Waals surface area contributed by atoms with Crippen molar-refractivity contribution in [1.29, 1.82) is 0 Å². The zero-order valence-corrected chi connectivity index (χ0v) is 14.4. The van der Waals surface area contributed by atoms with Crippen LogP contribution in [0.25, 0.3) is 0 Å². The van der Waals surface area contributed by atoms with Crippen LogP contribution in [0, 0.1) is 0 Å². The molecule has 0 saturated carbocycles. The van der Waals surface area contributed by atoms with Crippen LogP contribution in [-0.4, -0.2) is 24.8 Å². The Kier molecular flexibility index (Phi) is 5.30. The Balaban J connectivity index is 1.71. The van der Waals surface area contributed by atoms with Crippen LogP contribution in [0.15, 0.2) is 41.3 Å². The Bertz CT molecular complexity index is 725. The predicted molar refractivity (Wildman–Crippen MR) is 93.6 cm³/mol. The van der Waals surface area contributed by atoms with E-state index in [0.29, 0.717) is 0 Å². The van der Waals surface area contributed by atoms with Crippen LogP contribution in [0.5, 0.6) is 11.5 Å². The first-order chi connectivity index (χ1) is 11.7. The minimum absolute atomic E-state index is 0.0526. The number of benzene rings is 2. The maximum absolute atomic E-state index is 11.3. The maximum atomic E-state index is 11.3. The smallest absolute Gasteiger partial charge is 0.343 e. The minimum Gasteiger partial charge on any atom is -0.508 e. The Hall–Kier alpha value is -2.14. The summed E-state index contributed by atoms with van der Waals surface area (Å²) < 4.78 is 10.2. The quantitative estimate of drug-likeness (QED) is 0.639. The topological polar surface area (TPSA) is 55.8 Å². The predicted octanol–water partition coefficient (Wildman–Crippen LogP) is 3.73. The number of hydrogen-bond donors (Lipinski definition) is 1. The zero-order chi connectivity index (χ0) is 16.9. The van der Waals surface area contributed by atoms with Gasteiger partial charge in [-0.3, -0.25) is 0 Å². The SMILES string of the molecule is COC(=O)COc1ccc(SCc2ccc(O)cc2)c2c1CCC2. The summed E-state index contributed by atoms with van der Waals surface area (Å²) in [6.07, 6.45) is 3.14. The van der Waals surface area contributed by atoms with Crippen molar-refractivity contribution in [3.8, 4) is 11.5 Å². The summed E-state index contributed by atoms with van der Waals surface area (Å²) in [6.45, 7) is -0.0526. The van der Waals surface area contributed by atoms with E-state index in [2.05, 4.69) is 10.8 Å². The van der Waals surface area contributed by atoms with Crippen LogP contribution in [0.2, 0.25) is 0 Å². The number of carbonyl (C=O) groups is 1. The van der Waals surface area contributed by atoms with E-state index in [-0.39, 0.29) is 18.3 Å². The molecule has 0 unspecified atom stereocenters. The van der Waals surface area contributed by atoms with Gasteiger partial charge in [0, 0.05) is 10.6 Å². The van der Waals surface area contributed by atoms with Crippen LogP contribution in [0.4, 0.5) is 0 Å². The molecule has 0 bridgehead atoms. The van der Waals surface area contributed by atoms with E-state index in [1.54, 1.807) is 23.9 Å². The summed E-state index contributed by atoms with van der Waals surface area (Å²) in [5.74, 6) is 1.57. The van der Waals surface area contributed by atoms with E-state index in [9.17, 15) is 9.90 Å². The van der Waals surface area contributed by atoms with Gasteiger partial charge in [-0.25, -0.2) is 4.79 Å². The van der Waals surface area contributed by atoms with Gasteiger partial charge in [0.2, 0.25) is 0 Å². The van der Waals surface area contributed by atoms with Crippen molar-refractivity contribution in [3.05, 3.63) is 53.1 Å². The number of aromatic hydroxyl groups is 1. The summed E-state index contributed by atoms with van der Waals surface area (Å²) in [5.41, 5.74) is 3.73. The van der Waals surface area contributed by atoms with Gasteiger partial charge in [0.05, 0.1) is 7.11 Å². The number of methoxy groups -OCH3 is 1. The molecule has 0 heterocycles. The van der Waals surface area contributed by atoms with Gasteiger partial charge in [-0.05, 0) is 60.2 Å². The van der Waals surface area contributed by atoms with Crippen molar-refractivity contribution in [1.82, 2.24) is 0 Å². The summed E-state index contributed by atoms with van der Waals surface area (Å²) in [5, 5.41) is 9.35. The highest BCUT2D eigenvalue weighted by Crippen LogP contribution is 2.38. The van der Waals surface area contributed by atoms with Gasteiger partial charge in [0.15, 0.2) is 6.61 Å². The third-order valence-electron chi connectivity index (χ3n) is 4.10. The zero-order valence-electron chi connectivity index (χ0n) is 13.6. The molecule has 1 aliphatic rings. The van der Waals surface area contributed by atoms with Crippen molar-refractivity contribution < 1.29 is 19.4 Å². The Morgan fingerprint density at radius 2 is 1.88 bits per heavy atom. The van der Waals surface area contributed by atoms with Crippen LogP contribution in [-0.2, 0) is 28.1 Å². The standard InChI is InChI=1S/C19H20O4S/c1-22-19(21)11-23-17-9-10-18(16-4-2-3-15(16)17)24-12-13-5-7-14(20)8-6-13/h5-10,20H,2-4,11-12H2,1H3. The molecular formula is C19H20O4S. The van der Waals surface area contributed by atoms with E-state index >= 15 is 0 Å². The summed E-state index contributed by atoms with van der Waals surface area (Å²) in [4.78, 5) is 12.5. The third kappa shape index (κ3) is 3.85. The molecule has 0 radical (unpaired) electrons. The lowest BCUT2D eigenvalue weighted by molar-refractivity contribution is -0.142. The van der Waals surface area contributed by atoms with Gasteiger partial charge in [-0.2, -0.15) is 0 Å². The number of carbonyl (C=O) groups excluding carboxylic acids is 1. The second-order valence-electron chi connectivity index (χ2n) is 5.69. The van der Waals surface area contributed by atoms with Crippen molar-refractivity contribution in [2.24, 2.45) is 0 Å². The lowest BCUT2D eigenvalue weighted by Crippen LogP contribution is -2.13. The highest BCUT2D eigenvalue weighted by atomic mass is 32.2. The summed E-state index contributed by atoms with van der Waals surface area (Å²) >= 11 is 1.79. The number of thioether (sulfide) groups is 1. The molecule has 1 N–H and O–H groups in total. The number of phenolic OH excluding ortho intramolecular Hbond substituents is 1. The fraction of sp³-hybridized carbons (Fsp3) is 0.316. The molecule has 5 heteroatoms. The van der Waals surface area contributed by atoms with E-state index in [4.69, 9.17) is 4.74 Å². The average Bonchev–Trinajstić information content (AvgIpc) is 3.09. The molecule has 24 heavy (non-hydrogen) atoms. The average molecular weight is 344 g/mol. The number of ether oxygens (including phenoxy) is 2. The van der Waals surface area contributed by atoms with Crippen LogP contribution < -0.4 is 4.74 Å². The van der Waals surface area contributed by atoms with E-state index in [1.807, 2.05) is 18.2 Å². The second-order valence-corrected chi connectivity index (χ2v) is 6.71. The molecule has 4 nitrogen and oxygen atoms in total. The van der Waals surface area contributed by atoms with Crippen LogP contribution in [0.1, 0.15) is 23.1 Å². The van der Waals surface area contributed by atoms with Gasteiger partial charge < -0.3 is 14.6 Å². The summed E-state index contributed by atoms with van der Waals surface area (Å²) in [6, 6.07) is 11.3. The molecule has 0 saturated heterocycles. The minimum atomic E-state index is -0.368. The first-order valence-corrected chi connectivity index (χ1v) is 8.91. The van der Waals surface area contributed by atoms with Gasteiger partial charge in [-0.1, -0.05) is 12.1 Å². The normalized spacial score (nSPS) is 12.7. The molecule has 126 valence electrons. The second kappa shape index (κ2) is 7.62.